The molecule has 1 saturated heterocycles. The predicted octanol–water partition coefficient (Wildman–Crippen LogP) is 2.67. The van der Waals surface area contributed by atoms with Crippen LogP contribution in [0.15, 0.2) is 18.3 Å². The summed E-state index contributed by atoms with van der Waals surface area (Å²) in [5.41, 5.74) is 1.36. The number of aromatic nitrogens is 1. The van der Waals surface area contributed by atoms with Crippen molar-refractivity contribution in [2.75, 3.05) is 25.0 Å². The molecule has 1 aromatic rings. The molecule has 2 rings (SSSR count). The van der Waals surface area contributed by atoms with Crippen molar-refractivity contribution < 1.29 is 0 Å². The fourth-order valence-corrected chi connectivity index (χ4v) is 2.47. The minimum Gasteiger partial charge on any atom is -0.370 e. The quantitative estimate of drug-likeness (QED) is 0.844. The fraction of sp³-hybridized carbons (Fsp3) is 0.615. The maximum atomic E-state index is 4.44. The van der Waals surface area contributed by atoms with Crippen molar-refractivity contribution >= 4 is 5.82 Å². The van der Waals surface area contributed by atoms with E-state index in [4.69, 9.17) is 0 Å². The summed E-state index contributed by atoms with van der Waals surface area (Å²) in [6, 6.07) is 4.89. The van der Waals surface area contributed by atoms with E-state index in [-0.39, 0.29) is 0 Å². The average molecular weight is 219 g/mol. The Morgan fingerprint density at radius 1 is 1.44 bits per heavy atom. The average Bonchev–Trinajstić information content (AvgIpc) is 2.78. The zero-order valence-corrected chi connectivity index (χ0v) is 10.2. The molecule has 0 saturated carbocycles. The third-order valence-corrected chi connectivity index (χ3v) is 3.30. The number of likely N-dealkylation sites (tertiary alicyclic amines) is 1. The second-order valence-corrected chi connectivity index (χ2v) is 4.29. The van der Waals surface area contributed by atoms with Gasteiger partial charge in [-0.15, -0.1) is 0 Å². The summed E-state index contributed by atoms with van der Waals surface area (Å²) in [6.07, 6.45) is 4.61. The second-order valence-electron chi connectivity index (χ2n) is 4.29. The topological polar surface area (TPSA) is 28.2 Å². The van der Waals surface area contributed by atoms with Gasteiger partial charge in [0.05, 0.1) is 0 Å². The molecule has 0 spiro atoms. The minimum atomic E-state index is 0.591. The minimum absolute atomic E-state index is 0.591. The van der Waals surface area contributed by atoms with E-state index in [1.54, 1.807) is 0 Å². The van der Waals surface area contributed by atoms with E-state index in [1.165, 1.54) is 24.9 Å². The summed E-state index contributed by atoms with van der Waals surface area (Å²) in [6.45, 7) is 7.62. The van der Waals surface area contributed by atoms with Gasteiger partial charge in [0.2, 0.25) is 0 Å². The van der Waals surface area contributed by atoms with E-state index in [0.29, 0.717) is 6.04 Å². The molecule has 1 aliphatic rings. The number of rotatable bonds is 4. The molecule has 88 valence electrons. The second kappa shape index (κ2) is 5.30. The van der Waals surface area contributed by atoms with Gasteiger partial charge in [-0.3, -0.25) is 4.90 Å². The Bertz CT molecular complexity index is 320. The number of hydrogen-bond acceptors (Lipinski definition) is 3. The Morgan fingerprint density at radius 3 is 2.94 bits per heavy atom. The Hall–Kier alpha value is -1.09. The summed E-state index contributed by atoms with van der Waals surface area (Å²) < 4.78 is 0. The van der Waals surface area contributed by atoms with Crippen LogP contribution in [0.3, 0.4) is 0 Å². The lowest BCUT2D eigenvalue weighted by atomic mass is 10.1. The van der Waals surface area contributed by atoms with Crippen LogP contribution < -0.4 is 5.32 Å². The van der Waals surface area contributed by atoms with E-state index in [2.05, 4.69) is 41.2 Å². The van der Waals surface area contributed by atoms with E-state index in [0.717, 1.165) is 18.9 Å². The standard InChI is InChI=1S/C13H21N3/c1-3-14-13-8-7-11(10-15-13)12-6-5-9-16(12)4-2/h7-8,10,12H,3-6,9H2,1-2H3,(H,14,15)/t12-/m0/s1. The van der Waals surface area contributed by atoms with Crippen molar-refractivity contribution in [2.24, 2.45) is 0 Å². The largest absolute Gasteiger partial charge is 0.370 e. The number of anilines is 1. The van der Waals surface area contributed by atoms with Gasteiger partial charge in [0.1, 0.15) is 5.82 Å². The highest BCUT2D eigenvalue weighted by Gasteiger charge is 2.24. The molecule has 3 heteroatoms. The third kappa shape index (κ3) is 2.35. The van der Waals surface area contributed by atoms with Crippen molar-refractivity contribution in [1.29, 1.82) is 0 Å². The van der Waals surface area contributed by atoms with Crippen LogP contribution in [0.25, 0.3) is 0 Å². The molecule has 1 aromatic heterocycles. The third-order valence-electron chi connectivity index (χ3n) is 3.30. The highest BCUT2D eigenvalue weighted by molar-refractivity contribution is 5.36. The lowest BCUT2D eigenvalue weighted by Gasteiger charge is -2.22. The smallest absolute Gasteiger partial charge is 0.125 e. The Balaban J connectivity index is 2.08. The Labute approximate surface area is 97.9 Å². The van der Waals surface area contributed by atoms with Crippen molar-refractivity contribution in [3.63, 3.8) is 0 Å². The fourth-order valence-electron chi connectivity index (χ4n) is 2.47. The van der Waals surface area contributed by atoms with Crippen molar-refractivity contribution in [2.45, 2.75) is 32.7 Å². The molecule has 0 bridgehead atoms. The first-order chi connectivity index (χ1) is 7.85. The van der Waals surface area contributed by atoms with Gasteiger partial charge in [0.25, 0.3) is 0 Å². The molecular weight excluding hydrogens is 198 g/mol. The molecule has 2 heterocycles. The summed E-state index contributed by atoms with van der Waals surface area (Å²) in [7, 11) is 0. The molecular formula is C13H21N3. The molecule has 0 aliphatic carbocycles. The lowest BCUT2D eigenvalue weighted by Crippen LogP contribution is -2.22. The maximum Gasteiger partial charge on any atom is 0.125 e. The summed E-state index contributed by atoms with van der Waals surface area (Å²) in [5.74, 6) is 0.979. The summed E-state index contributed by atoms with van der Waals surface area (Å²) in [4.78, 5) is 6.98. The molecule has 0 amide bonds. The van der Waals surface area contributed by atoms with Gasteiger partial charge < -0.3 is 5.32 Å². The molecule has 0 radical (unpaired) electrons. The molecule has 1 N–H and O–H groups in total. The molecule has 1 fully saturated rings. The first kappa shape index (κ1) is 11.4. The van der Waals surface area contributed by atoms with Crippen LogP contribution in [0.5, 0.6) is 0 Å². The predicted molar refractivity (Wildman–Crippen MR) is 67.6 cm³/mol. The first-order valence-electron chi connectivity index (χ1n) is 6.29. The normalized spacial score (nSPS) is 21.2. The van der Waals surface area contributed by atoms with Gasteiger partial charge in [0.15, 0.2) is 0 Å². The Kier molecular flexibility index (Phi) is 3.78. The van der Waals surface area contributed by atoms with Gasteiger partial charge in [-0.05, 0) is 44.5 Å². The zero-order valence-electron chi connectivity index (χ0n) is 10.2. The van der Waals surface area contributed by atoms with E-state index < -0.39 is 0 Å². The van der Waals surface area contributed by atoms with Crippen LogP contribution in [-0.4, -0.2) is 29.5 Å². The van der Waals surface area contributed by atoms with Gasteiger partial charge in [-0.1, -0.05) is 13.0 Å². The molecule has 0 unspecified atom stereocenters. The van der Waals surface area contributed by atoms with Crippen molar-refractivity contribution in [3.8, 4) is 0 Å². The van der Waals surface area contributed by atoms with Crippen LogP contribution in [0.2, 0.25) is 0 Å². The number of pyridine rings is 1. The van der Waals surface area contributed by atoms with Crippen LogP contribution in [-0.2, 0) is 0 Å². The molecule has 16 heavy (non-hydrogen) atoms. The maximum absolute atomic E-state index is 4.44. The van der Waals surface area contributed by atoms with Crippen molar-refractivity contribution in [3.05, 3.63) is 23.9 Å². The number of nitrogens with zero attached hydrogens (tertiary/aromatic N) is 2. The Morgan fingerprint density at radius 2 is 2.31 bits per heavy atom. The van der Waals surface area contributed by atoms with Crippen LogP contribution >= 0.6 is 0 Å². The van der Waals surface area contributed by atoms with Gasteiger partial charge >= 0.3 is 0 Å². The SMILES string of the molecule is CCNc1ccc([C@@H]2CCCN2CC)cn1. The van der Waals surface area contributed by atoms with Gasteiger partial charge in [0, 0.05) is 18.8 Å². The van der Waals surface area contributed by atoms with Gasteiger partial charge in [-0.25, -0.2) is 4.98 Å². The summed E-state index contributed by atoms with van der Waals surface area (Å²) >= 11 is 0. The highest BCUT2D eigenvalue weighted by atomic mass is 15.2. The highest BCUT2D eigenvalue weighted by Crippen LogP contribution is 2.31. The van der Waals surface area contributed by atoms with E-state index >= 15 is 0 Å². The zero-order chi connectivity index (χ0) is 11.4. The van der Waals surface area contributed by atoms with Crippen LogP contribution in [0, 0.1) is 0 Å². The monoisotopic (exact) mass is 219 g/mol. The van der Waals surface area contributed by atoms with Gasteiger partial charge in [-0.2, -0.15) is 0 Å². The van der Waals surface area contributed by atoms with Crippen molar-refractivity contribution in [1.82, 2.24) is 9.88 Å². The summed E-state index contributed by atoms with van der Waals surface area (Å²) in [5, 5.41) is 3.23. The number of nitrogens with one attached hydrogen (secondary N) is 1. The van der Waals surface area contributed by atoms with Crippen LogP contribution in [0.1, 0.15) is 38.3 Å². The lowest BCUT2D eigenvalue weighted by molar-refractivity contribution is 0.271. The molecule has 1 atom stereocenters. The van der Waals surface area contributed by atoms with E-state index in [9.17, 15) is 0 Å². The van der Waals surface area contributed by atoms with E-state index in [1.807, 2.05) is 6.20 Å². The molecule has 1 aliphatic heterocycles. The van der Waals surface area contributed by atoms with Crippen LogP contribution in [0.4, 0.5) is 5.82 Å². The number of hydrogen-bond donors (Lipinski definition) is 1. The first-order valence-corrected chi connectivity index (χ1v) is 6.29. The molecule has 0 aromatic carbocycles. The molecule has 3 nitrogen and oxygen atoms in total.